The van der Waals surface area contributed by atoms with Gasteiger partial charge >= 0.3 is 6.18 Å². The molecular formula is C19H13F3N2O2. The minimum atomic E-state index is -4.82. The van der Waals surface area contributed by atoms with Crippen LogP contribution in [0.1, 0.15) is 22.3 Å². The van der Waals surface area contributed by atoms with E-state index in [0.29, 0.717) is 5.56 Å². The average molecular weight is 358 g/mol. The predicted molar refractivity (Wildman–Crippen MR) is 88.4 cm³/mol. The number of hydrogen-bond donors (Lipinski definition) is 0. The first-order valence-corrected chi connectivity index (χ1v) is 7.66. The highest BCUT2D eigenvalue weighted by Crippen LogP contribution is 2.33. The Morgan fingerprint density at radius 1 is 1.19 bits per heavy atom. The number of nitrogens with zero attached hydrogens (tertiary/aromatic N) is 2. The molecule has 0 atom stereocenters. The van der Waals surface area contributed by atoms with Crippen molar-refractivity contribution in [2.24, 2.45) is 0 Å². The Labute approximate surface area is 146 Å². The van der Waals surface area contributed by atoms with Crippen LogP contribution in [0.5, 0.6) is 0 Å². The highest BCUT2D eigenvalue weighted by molar-refractivity contribution is 5.57. The molecule has 0 saturated heterocycles. The van der Waals surface area contributed by atoms with E-state index in [1.165, 1.54) is 24.5 Å². The maximum Gasteiger partial charge on any atom is 0.417 e. The van der Waals surface area contributed by atoms with E-state index in [1.807, 2.05) is 19.1 Å². The number of hydrogen-bond acceptors (Lipinski definition) is 3. The zero-order chi connectivity index (χ0) is 18.9. The normalized spacial score (nSPS) is 11.3. The first kappa shape index (κ1) is 17.5. The van der Waals surface area contributed by atoms with Crippen LogP contribution in [0.3, 0.4) is 0 Å². The molecule has 4 nitrogen and oxygen atoms in total. The third kappa shape index (κ3) is 3.26. The number of rotatable bonds is 3. The number of benzene rings is 1. The van der Waals surface area contributed by atoms with Gasteiger partial charge < -0.3 is 4.42 Å². The van der Waals surface area contributed by atoms with Gasteiger partial charge in [-0.05, 0) is 30.7 Å². The standard InChI is InChI=1S/C19H13F3N2O2/c1-12-4-6-13(7-5-12)11-24-16(17-3-2-8-26-17)9-15(19(20,21)22)14(10-23)18(24)25/h2-9H,11H2,1H3. The van der Waals surface area contributed by atoms with Gasteiger partial charge in [-0.15, -0.1) is 0 Å². The summed E-state index contributed by atoms with van der Waals surface area (Å²) in [6.07, 6.45) is -3.52. The van der Waals surface area contributed by atoms with Crippen molar-refractivity contribution in [2.45, 2.75) is 19.6 Å². The molecule has 7 heteroatoms. The van der Waals surface area contributed by atoms with Crippen molar-refractivity contribution < 1.29 is 17.6 Å². The number of pyridine rings is 1. The van der Waals surface area contributed by atoms with Gasteiger partial charge in [0.2, 0.25) is 0 Å². The van der Waals surface area contributed by atoms with Gasteiger partial charge in [0.1, 0.15) is 17.4 Å². The Morgan fingerprint density at radius 3 is 2.42 bits per heavy atom. The Morgan fingerprint density at radius 2 is 1.88 bits per heavy atom. The molecule has 0 aliphatic heterocycles. The lowest BCUT2D eigenvalue weighted by molar-refractivity contribution is -0.137. The van der Waals surface area contributed by atoms with Crippen molar-refractivity contribution in [3.05, 3.63) is 81.3 Å². The monoisotopic (exact) mass is 358 g/mol. The van der Waals surface area contributed by atoms with Gasteiger partial charge in [0.25, 0.3) is 5.56 Å². The molecule has 0 spiro atoms. The van der Waals surface area contributed by atoms with Gasteiger partial charge in [-0.3, -0.25) is 9.36 Å². The Bertz CT molecular complexity index is 1020. The van der Waals surface area contributed by atoms with E-state index in [4.69, 9.17) is 9.68 Å². The van der Waals surface area contributed by atoms with Gasteiger partial charge in [-0.25, -0.2) is 0 Å². The molecule has 26 heavy (non-hydrogen) atoms. The molecule has 0 N–H and O–H groups in total. The van der Waals surface area contributed by atoms with E-state index in [2.05, 4.69) is 0 Å². The van der Waals surface area contributed by atoms with E-state index < -0.39 is 22.9 Å². The molecule has 0 amide bonds. The predicted octanol–water partition coefficient (Wildman–Crippen LogP) is 4.36. The van der Waals surface area contributed by atoms with Gasteiger partial charge in [0.05, 0.1) is 24.1 Å². The summed E-state index contributed by atoms with van der Waals surface area (Å²) in [6.45, 7) is 1.91. The second-order valence-corrected chi connectivity index (χ2v) is 5.78. The molecule has 3 rings (SSSR count). The van der Waals surface area contributed by atoms with Crippen LogP contribution in [0, 0.1) is 18.3 Å². The Kier molecular flexibility index (Phi) is 4.43. The summed E-state index contributed by atoms with van der Waals surface area (Å²) in [4.78, 5) is 12.7. The number of aryl methyl sites for hydroxylation is 1. The Balaban J connectivity index is 2.26. The molecule has 0 aliphatic rings. The van der Waals surface area contributed by atoms with Gasteiger partial charge in [0, 0.05) is 0 Å². The summed E-state index contributed by atoms with van der Waals surface area (Å²) in [5.74, 6) is 0.115. The van der Waals surface area contributed by atoms with Crippen LogP contribution in [0.15, 0.2) is 57.9 Å². The van der Waals surface area contributed by atoms with Crippen LogP contribution in [-0.2, 0) is 12.7 Å². The summed E-state index contributed by atoms with van der Waals surface area (Å²) in [5, 5.41) is 9.12. The lowest BCUT2D eigenvalue weighted by atomic mass is 10.1. The smallest absolute Gasteiger partial charge is 0.417 e. The highest BCUT2D eigenvalue weighted by atomic mass is 19.4. The molecule has 1 aromatic carbocycles. The molecule has 0 unspecified atom stereocenters. The van der Waals surface area contributed by atoms with Crippen molar-refractivity contribution in [2.75, 3.05) is 0 Å². The van der Waals surface area contributed by atoms with E-state index in [0.717, 1.165) is 16.2 Å². The van der Waals surface area contributed by atoms with Crippen LogP contribution in [0.4, 0.5) is 13.2 Å². The third-order valence-electron chi connectivity index (χ3n) is 3.95. The zero-order valence-corrected chi connectivity index (χ0v) is 13.7. The molecule has 3 aromatic rings. The molecule has 132 valence electrons. The summed E-state index contributed by atoms with van der Waals surface area (Å²) >= 11 is 0. The fourth-order valence-corrected chi connectivity index (χ4v) is 2.64. The zero-order valence-electron chi connectivity index (χ0n) is 13.7. The van der Waals surface area contributed by atoms with E-state index in [9.17, 15) is 18.0 Å². The van der Waals surface area contributed by atoms with Crippen molar-refractivity contribution in [1.82, 2.24) is 4.57 Å². The number of nitriles is 1. The summed E-state index contributed by atoms with van der Waals surface area (Å²) in [6, 6.07) is 12.4. The highest BCUT2D eigenvalue weighted by Gasteiger charge is 2.36. The maximum atomic E-state index is 13.3. The van der Waals surface area contributed by atoms with Crippen LogP contribution in [-0.4, -0.2) is 4.57 Å². The first-order valence-electron chi connectivity index (χ1n) is 7.66. The molecule has 0 bridgehead atoms. The second-order valence-electron chi connectivity index (χ2n) is 5.78. The van der Waals surface area contributed by atoms with Gasteiger partial charge in [-0.2, -0.15) is 18.4 Å². The lowest BCUT2D eigenvalue weighted by Gasteiger charge is -2.16. The van der Waals surface area contributed by atoms with Crippen molar-refractivity contribution in [3.8, 4) is 17.5 Å². The number of alkyl halides is 3. The van der Waals surface area contributed by atoms with Crippen molar-refractivity contribution in [3.63, 3.8) is 0 Å². The van der Waals surface area contributed by atoms with Gasteiger partial charge in [-0.1, -0.05) is 29.8 Å². The molecule has 0 radical (unpaired) electrons. The largest absolute Gasteiger partial charge is 0.463 e. The Hall–Kier alpha value is -3.27. The number of aromatic nitrogens is 1. The topological polar surface area (TPSA) is 58.9 Å². The second kappa shape index (κ2) is 6.56. The number of furan rings is 1. The average Bonchev–Trinajstić information content (AvgIpc) is 3.11. The van der Waals surface area contributed by atoms with Crippen LogP contribution < -0.4 is 5.56 Å². The maximum absolute atomic E-state index is 13.3. The molecule has 0 aliphatic carbocycles. The van der Waals surface area contributed by atoms with Crippen LogP contribution >= 0.6 is 0 Å². The third-order valence-corrected chi connectivity index (χ3v) is 3.95. The summed E-state index contributed by atoms with van der Waals surface area (Å²) < 4.78 is 46.3. The van der Waals surface area contributed by atoms with E-state index in [1.54, 1.807) is 12.1 Å². The quantitative estimate of drug-likeness (QED) is 0.699. The van der Waals surface area contributed by atoms with Crippen LogP contribution in [0.2, 0.25) is 0 Å². The van der Waals surface area contributed by atoms with E-state index in [-0.39, 0.29) is 18.0 Å². The van der Waals surface area contributed by atoms with E-state index >= 15 is 0 Å². The SMILES string of the molecule is Cc1ccc(Cn2c(-c3ccco3)cc(C(F)(F)F)c(C#N)c2=O)cc1. The first-order chi connectivity index (χ1) is 12.3. The van der Waals surface area contributed by atoms with Crippen molar-refractivity contribution in [1.29, 1.82) is 5.26 Å². The van der Waals surface area contributed by atoms with Gasteiger partial charge in [0.15, 0.2) is 0 Å². The minimum Gasteiger partial charge on any atom is -0.463 e. The molecule has 2 heterocycles. The summed E-state index contributed by atoms with van der Waals surface area (Å²) in [5.41, 5.74) is -1.51. The van der Waals surface area contributed by atoms with Crippen molar-refractivity contribution >= 4 is 0 Å². The molecule has 0 fully saturated rings. The molecular weight excluding hydrogens is 345 g/mol. The fraction of sp³-hybridized carbons (Fsp3) is 0.158. The molecule has 0 saturated carbocycles. The summed E-state index contributed by atoms with van der Waals surface area (Å²) in [7, 11) is 0. The fourth-order valence-electron chi connectivity index (χ4n) is 2.64. The van der Waals surface area contributed by atoms with Crippen LogP contribution in [0.25, 0.3) is 11.5 Å². The molecule has 2 aromatic heterocycles. The minimum absolute atomic E-state index is 0.0158. The number of halogens is 3. The lowest BCUT2D eigenvalue weighted by Crippen LogP contribution is -2.28.